The fourth-order valence-corrected chi connectivity index (χ4v) is 4.07. The van der Waals surface area contributed by atoms with Crippen LogP contribution in [0.1, 0.15) is 28.0 Å². The molecule has 1 aliphatic rings. The molecule has 0 saturated carbocycles. The lowest BCUT2D eigenvalue weighted by Crippen LogP contribution is -2.39. The van der Waals surface area contributed by atoms with Gasteiger partial charge in [-0.15, -0.1) is 11.3 Å². The Labute approximate surface area is 150 Å². The van der Waals surface area contributed by atoms with Crippen molar-refractivity contribution in [3.05, 3.63) is 76.8 Å². The first kappa shape index (κ1) is 16.0. The van der Waals surface area contributed by atoms with E-state index in [1.807, 2.05) is 54.6 Å². The summed E-state index contributed by atoms with van der Waals surface area (Å²) >= 11 is 1.44. The third-order valence-electron chi connectivity index (χ3n) is 4.63. The number of aromatic nitrogens is 1. The Morgan fingerprint density at radius 3 is 2.76 bits per heavy atom. The van der Waals surface area contributed by atoms with Gasteiger partial charge in [-0.05, 0) is 24.0 Å². The summed E-state index contributed by atoms with van der Waals surface area (Å²) in [5, 5.41) is 16.3. The number of nitrogens with one attached hydrogen (secondary N) is 1. The van der Waals surface area contributed by atoms with Crippen molar-refractivity contribution in [2.24, 2.45) is 0 Å². The number of thiazole rings is 1. The highest BCUT2D eigenvalue weighted by Gasteiger charge is 2.36. The lowest BCUT2D eigenvalue weighted by atomic mass is 9.96. The predicted molar refractivity (Wildman–Crippen MR) is 98.5 cm³/mol. The Hall–Kier alpha value is -2.50. The average molecular weight is 350 g/mol. The average Bonchev–Trinajstić information content (AvgIpc) is 3.27. The number of carbonyl (C=O) groups excluding carboxylic acids is 1. The van der Waals surface area contributed by atoms with Gasteiger partial charge < -0.3 is 10.4 Å². The third kappa shape index (κ3) is 3.08. The molecule has 1 aliphatic carbocycles. The van der Waals surface area contributed by atoms with Gasteiger partial charge in [-0.25, -0.2) is 4.98 Å². The van der Waals surface area contributed by atoms with Gasteiger partial charge in [-0.2, -0.15) is 0 Å². The molecule has 1 heterocycles. The van der Waals surface area contributed by atoms with Crippen molar-refractivity contribution in [2.45, 2.75) is 18.4 Å². The minimum atomic E-state index is -0.996. The van der Waals surface area contributed by atoms with Gasteiger partial charge in [0, 0.05) is 10.9 Å². The van der Waals surface area contributed by atoms with Crippen LogP contribution in [0.3, 0.4) is 0 Å². The summed E-state index contributed by atoms with van der Waals surface area (Å²) in [7, 11) is 0. The van der Waals surface area contributed by atoms with Gasteiger partial charge in [0.1, 0.15) is 16.3 Å². The molecule has 126 valence electrons. The molecule has 0 bridgehead atoms. The number of rotatable bonds is 4. The largest absolute Gasteiger partial charge is 0.383 e. The van der Waals surface area contributed by atoms with Crippen molar-refractivity contribution in [3.8, 4) is 10.6 Å². The van der Waals surface area contributed by atoms with Crippen molar-refractivity contribution in [3.63, 3.8) is 0 Å². The van der Waals surface area contributed by atoms with Gasteiger partial charge in [-0.3, -0.25) is 4.79 Å². The Morgan fingerprint density at radius 2 is 1.92 bits per heavy atom. The van der Waals surface area contributed by atoms with Crippen molar-refractivity contribution in [1.82, 2.24) is 10.3 Å². The van der Waals surface area contributed by atoms with E-state index < -0.39 is 5.60 Å². The molecule has 2 aromatic carbocycles. The Balaban J connectivity index is 1.46. The number of carbonyl (C=O) groups is 1. The molecule has 0 saturated heterocycles. The van der Waals surface area contributed by atoms with Crippen LogP contribution in [0.25, 0.3) is 10.6 Å². The second-order valence-electron chi connectivity index (χ2n) is 6.28. The van der Waals surface area contributed by atoms with E-state index in [1.165, 1.54) is 11.3 Å². The molecular formula is C20H18N2O2S. The SMILES string of the molecule is O=C(NC[C@@]1(O)CCc2ccccc21)c1csc(-c2ccccc2)n1. The highest BCUT2D eigenvalue weighted by molar-refractivity contribution is 7.13. The van der Waals surface area contributed by atoms with E-state index in [9.17, 15) is 9.90 Å². The van der Waals surface area contributed by atoms with E-state index in [-0.39, 0.29) is 12.5 Å². The first-order chi connectivity index (χ1) is 12.2. The summed E-state index contributed by atoms with van der Waals surface area (Å²) < 4.78 is 0. The number of hydrogen-bond donors (Lipinski definition) is 2. The van der Waals surface area contributed by atoms with Gasteiger partial charge in [0.25, 0.3) is 5.91 Å². The summed E-state index contributed by atoms with van der Waals surface area (Å²) in [6.45, 7) is 0.195. The highest BCUT2D eigenvalue weighted by Crippen LogP contribution is 2.36. The minimum Gasteiger partial charge on any atom is -0.383 e. The second-order valence-corrected chi connectivity index (χ2v) is 7.13. The molecule has 3 aromatic rings. The summed E-state index contributed by atoms with van der Waals surface area (Å²) in [5.41, 5.74) is 2.45. The van der Waals surface area contributed by atoms with Crippen LogP contribution in [0.4, 0.5) is 0 Å². The van der Waals surface area contributed by atoms with Gasteiger partial charge >= 0.3 is 0 Å². The van der Waals surface area contributed by atoms with E-state index in [4.69, 9.17) is 0 Å². The summed E-state index contributed by atoms with van der Waals surface area (Å²) in [6.07, 6.45) is 1.45. The lowest BCUT2D eigenvalue weighted by Gasteiger charge is -2.24. The molecule has 1 aromatic heterocycles. The normalized spacial score (nSPS) is 18.8. The van der Waals surface area contributed by atoms with Crippen LogP contribution < -0.4 is 5.32 Å². The minimum absolute atomic E-state index is 0.195. The second kappa shape index (κ2) is 6.43. The molecule has 5 heteroatoms. The molecule has 4 nitrogen and oxygen atoms in total. The standard InChI is InChI=1S/C20H18N2O2S/c23-18(17-12-25-19(22-17)15-7-2-1-3-8-15)21-13-20(24)11-10-14-6-4-5-9-16(14)20/h1-9,12,24H,10-11,13H2,(H,21,23)/t20-/m0/s1. The first-order valence-electron chi connectivity index (χ1n) is 8.26. The van der Waals surface area contributed by atoms with Gasteiger partial charge in [0.15, 0.2) is 0 Å². The number of fused-ring (bicyclic) bond motifs is 1. The number of hydrogen-bond acceptors (Lipinski definition) is 4. The fraction of sp³-hybridized carbons (Fsp3) is 0.200. The topological polar surface area (TPSA) is 62.2 Å². The zero-order chi connectivity index (χ0) is 17.3. The van der Waals surface area contributed by atoms with Crippen LogP contribution in [0, 0.1) is 0 Å². The van der Waals surface area contributed by atoms with Gasteiger partial charge in [0.2, 0.25) is 0 Å². The van der Waals surface area contributed by atoms with Crippen molar-refractivity contribution in [1.29, 1.82) is 0 Å². The number of benzene rings is 2. The van der Waals surface area contributed by atoms with E-state index in [0.717, 1.165) is 28.1 Å². The number of aliphatic hydroxyl groups is 1. The highest BCUT2D eigenvalue weighted by atomic mass is 32.1. The zero-order valence-electron chi connectivity index (χ0n) is 13.6. The van der Waals surface area contributed by atoms with Crippen molar-refractivity contribution >= 4 is 17.2 Å². The fourth-order valence-electron chi connectivity index (χ4n) is 3.26. The number of nitrogens with zero attached hydrogens (tertiary/aromatic N) is 1. The van der Waals surface area contributed by atoms with Crippen LogP contribution >= 0.6 is 11.3 Å². The quantitative estimate of drug-likeness (QED) is 0.758. The number of amides is 1. The number of aryl methyl sites for hydroxylation is 1. The van der Waals surface area contributed by atoms with E-state index in [0.29, 0.717) is 12.1 Å². The lowest BCUT2D eigenvalue weighted by molar-refractivity contribution is 0.0369. The first-order valence-corrected chi connectivity index (χ1v) is 9.14. The molecular weight excluding hydrogens is 332 g/mol. The molecule has 0 unspecified atom stereocenters. The predicted octanol–water partition coefficient (Wildman–Crippen LogP) is 3.37. The summed E-state index contributed by atoms with van der Waals surface area (Å²) in [4.78, 5) is 16.8. The third-order valence-corrected chi connectivity index (χ3v) is 5.52. The molecule has 0 fully saturated rings. The Kier molecular flexibility index (Phi) is 4.11. The maximum atomic E-state index is 12.4. The van der Waals surface area contributed by atoms with Crippen molar-refractivity contribution < 1.29 is 9.90 Å². The van der Waals surface area contributed by atoms with Gasteiger partial charge in [0.05, 0.1) is 6.54 Å². The Bertz CT molecular complexity index is 907. The zero-order valence-corrected chi connectivity index (χ0v) is 14.4. The van der Waals surface area contributed by atoms with Crippen molar-refractivity contribution in [2.75, 3.05) is 6.54 Å². The van der Waals surface area contributed by atoms with E-state index >= 15 is 0 Å². The van der Waals surface area contributed by atoms with Crippen LogP contribution in [0.5, 0.6) is 0 Å². The maximum absolute atomic E-state index is 12.4. The van der Waals surface area contributed by atoms with E-state index in [1.54, 1.807) is 5.38 Å². The Morgan fingerprint density at radius 1 is 1.16 bits per heavy atom. The molecule has 2 N–H and O–H groups in total. The van der Waals surface area contributed by atoms with Crippen LogP contribution in [-0.2, 0) is 12.0 Å². The van der Waals surface area contributed by atoms with Crippen LogP contribution in [-0.4, -0.2) is 22.5 Å². The summed E-state index contributed by atoms with van der Waals surface area (Å²) in [5.74, 6) is -0.253. The summed E-state index contributed by atoms with van der Waals surface area (Å²) in [6, 6.07) is 17.6. The molecule has 4 rings (SSSR count). The van der Waals surface area contributed by atoms with Gasteiger partial charge in [-0.1, -0.05) is 54.6 Å². The monoisotopic (exact) mass is 350 g/mol. The smallest absolute Gasteiger partial charge is 0.270 e. The molecule has 25 heavy (non-hydrogen) atoms. The van der Waals surface area contributed by atoms with Crippen LogP contribution in [0.2, 0.25) is 0 Å². The molecule has 0 aliphatic heterocycles. The maximum Gasteiger partial charge on any atom is 0.270 e. The molecule has 0 spiro atoms. The molecule has 0 radical (unpaired) electrons. The molecule has 1 atom stereocenters. The van der Waals surface area contributed by atoms with E-state index in [2.05, 4.69) is 10.3 Å². The van der Waals surface area contributed by atoms with Crippen LogP contribution in [0.15, 0.2) is 60.0 Å². The molecule has 1 amide bonds.